The molecule has 1 fully saturated rings. The number of hydrogen-bond acceptors (Lipinski definition) is 2. The second-order valence-electron chi connectivity index (χ2n) is 2.84. The summed E-state index contributed by atoms with van der Waals surface area (Å²) in [6.07, 6.45) is 1.76. The number of hydrogen-bond donors (Lipinski definition) is 2. The third-order valence-electron chi connectivity index (χ3n) is 2.37. The van der Waals surface area contributed by atoms with Crippen LogP contribution in [0.15, 0.2) is 0 Å². The maximum Gasteiger partial charge on any atom is 2.00 e. The van der Waals surface area contributed by atoms with Crippen molar-refractivity contribution in [3.63, 3.8) is 0 Å². The van der Waals surface area contributed by atoms with Gasteiger partial charge >= 0.3 is 21.1 Å². The molecule has 2 atom stereocenters. The van der Waals surface area contributed by atoms with Crippen molar-refractivity contribution in [1.29, 1.82) is 0 Å². The molecule has 5 heteroatoms. The number of nitrogens with two attached hydrogens (primary N) is 2. The van der Waals surface area contributed by atoms with Gasteiger partial charge in [-0.25, -0.2) is 0 Å². The van der Waals surface area contributed by atoms with Crippen LogP contribution in [-0.4, -0.2) is 22.8 Å². The van der Waals surface area contributed by atoms with E-state index in [-0.39, 0.29) is 21.1 Å². The van der Waals surface area contributed by atoms with E-state index in [0.29, 0.717) is 13.1 Å². The van der Waals surface area contributed by atoms with Gasteiger partial charge in [0.15, 0.2) is 0 Å². The quantitative estimate of drug-likeness (QED) is 0.694. The van der Waals surface area contributed by atoms with Gasteiger partial charge in [0.2, 0.25) is 0 Å². The number of halogens is 2. The summed E-state index contributed by atoms with van der Waals surface area (Å²) in [5.74, 6) is 0. The minimum Gasteiger partial charge on any atom is -0.329 e. The van der Waals surface area contributed by atoms with Gasteiger partial charge in [-0.2, -0.15) is 0 Å². The van der Waals surface area contributed by atoms with Gasteiger partial charge in [0.05, 0.1) is 9.75 Å². The zero-order valence-corrected chi connectivity index (χ0v) is 9.84. The van der Waals surface area contributed by atoms with Gasteiger partial charge in [-0.1, -0.05) is 0 Å². The van der Waals surface area contributed by atoms with E-state index in [1.54, 1.807) is 0 Å². The molecule has 0 aromatic rings. The van der Waals surface area contributed by atoms with Crippen LogP contribution in [0.5, 0.6) is 0 Å². The molecule has 0 saturated heterocycles. The Morgan fingerprint density at radius 3 is 1.36 bits per heavy atom. The Bertz CT molecular complexity index is 123. The van der Waals surface area contributed by atoms with Crippen molar-refractivity contribution in [2.75, 3.05) is 13.1 Å². The van der Waals surface area contributed by atoms with E-state index in [9.17, 15) is 0 Å². The predicted octanol–water partition coefficient (Wildman–Crippen LogP) is 0.650. The van der Waals surface area contributed by atoms with Crippen LogP contribution in [0.2, 0.25) is 0 Å². The summed E-state index contributed by atoms with van der Waals surface area (Å²) in [4.78, 5) is -0.882. The summed E-state index contributed by atoms with van der Waals surface area (Å²) in [5, 5.41) is 0. The normalized spacial score (nSPS) is 42.5. The molecule has 68 valence electrons. The van der Waals surface area contributed by atoms with E-state index in [4.69, 9.17) is 34.7 Å². The standard InChI is InChI=1S/C6H12Cl2N2.Pt/c7-5(3-9)1-2-6(5,8)4-10;/h1-4,9-10H2;/q;+2. The minimum absolute atomic E-state index is 0. The Hall–Kier alpha value is 1.19. The molecule has 0 aromatic carbocycles. The minimum atomic E-state index is -0.441. The van der Waals surface area contributed by atoms with Crippen molar-refractivity contribution >= 4 is 23.2 Å². The molecule has 0 aromatic heterocycles. The van der Waals surface area contributed by atoms with E-state index < -0.39 is 9.75 Å². The van der Waals surface area contributed by atoms with Crippen molar-refractivity contribution < 1.29 is 21.1 Å². The van der Waals surface area contributed by atoms with Crippen molar-refractivity contribution in [2.45, 2.75) is 22.6 Å². The van der Waals surface area contributed by atoms with E-state index in [2.05, 4.69) is 0 Å². The van der Waals surface area contributed by atoms with Gasteiger partial charge < -0.3 is 11.5 Å². The first-order chi connectivity index (χ1) is 4.58. The molecule has 0 radical (unpaired) electrons. The van der Waals surface area contributed by atoms with Crippen molar-refractivity contribution in [1.82, 2.24) is 0 Å². The topological polar surface area (TPSA) is 52.0 Å². The monoisotopic (exact) mass is 377 g/mol. The molecule has 1 rings (SSSR count). The molecule has 1 aliphatic rings. The summed E-state index contributed by atoms with van der Waals surface area (Å²) in [5.41, 5.74) is 10.9. The average molecular weight is 378 g/mol. The van der Waals surface area contributed by atoms with E-state index in [1.165, 1.54) is 0 Å². The SMILES string of the molecule is NCC1(Cl)CCC1(Cl)CN.[Pt+2]. The summed E-state index contributed by atoms with van der Waals surface area (Å²) in [6.45, 7) is 0.824. The van der Waals surface area contributed by atoms with Crippen LogP contribution in [0.3, 0.4) is 0 Å². The van der Waals surface area contributed by atoms with Gasteiger partial charge in [0, 0.05) is 13.1 Å². The summed E-state index contributed by atoms with van der Waals surface area (Å²) < 4.78 is 0. The van der Waals surface area contributed by atoms with Crippen LogP contribution >= 0.6 is 23.2 Å². The smallest absolute Gasteiger partial charge is 0.329 e. The second-order valence-corrected chi connectivity index (χ2v) is 4.29. The van der Waals surface area contributed by atoms with Gasteiger partial charge in [-0.15, -0.1) is 23.2 Å². The molecule has 2 unspecified atom stereocenters. The Balaban J connectivity index is 0.000001000. The zero-order chi connectivity index (χ0) is 7.83. The molecule has 0 heterocycles. The maximum absolute atomic E-state index is 6.06. The summed E-state index contributed by atoms with van der Waals surface area (Å²) in [7, 11) is 0. The van der Waals surface area contributed by atoms with E-state index in [1.807, 2.05) is 0 Å². The molecular formula is C6H12Cl2N2Pt+2. The van der Waals surface area contributed by atoms with Crippen LogP contribution in [0.1, 0.15) is 12.8 Å². The van der Waals surface area contributed by atoms with Crippen molar-refractivity contribution in [3.05, 3.63) is 0 Å². The van der Waals surface area contributed by atoms with Gasteiger partial charge in [-0.3, -0.25) is 0 Å². The first-order valence-electron chi connectivity index (χ1n) is 3.36. The fraction of sp³-hybridized carbons (Fsp3) is 1.00. The van der Waals surface area contributed by atoms with E-state index in [0.717, 1.165) is 12.8 Å². The Morgan fingerprint density at radius 1 is 1.00 bits per heavy atom. The maximum atomic E-state index is 6.06. The average Bonchev–Trinajstić information content (AvgIpc) is 1.99. The fourth-order valence-corrected chi connectivity index (χ4v) is 1.77. The third-order valence-corrected chi connectivity index (χ3v) is 3.87. The predicted molar refractivity (Wildman–Crippen MR) is 44.5 cm³/mol. The first kappa shape index (κ1) is 12.2. The van der Waals surface area contributed by atoms with E-state index >= 15 is 0 Å². The number of alkyl halides is 2. The Kier molecular flexibility index (Phi) is 4.36. The fourth-order valence-electron chi connectivity index (χ4n) is 1.24. The molecule has 0 spiro atoms. The molecule has 4 N–H and O–H groups in total. The largest absolute Gasteiger partial charge is 2.00 e. The van der Waals surface area contributed by atoms with Crippen LogP contribution < -0.4 is 11.5 Å². The molecule has 0 amide bonds. The molecule has 2 nitrogen and oxygen atoms in total. The summed E-state index contributed by atoms with van der Waals surface area (Å²) in [6, 6.07) is 0. The Labute approximate surface area is 91.2 Å². The molecule has 0 aliphatic heterocycles. The first-order valence-corrected chi connectivity index (χ1v) is 4.11. The second kappa shape index (κ2) is 3.93. The van der Waals surface area contributed by atoms with Crippen LogP contribution in [0.4, 0.5) is 0 Å². The molecule has 0 bridgehead atoms. The third kappa shape index (κ3) is 1.76. The number of rotatable bonds is 2. The van der Waals surface area contributed by atoms with Crippen molar-refractivity contribution in [2.24, 2.45) is 11.5 Å². The molecule has 11 heavy (non-hydrogen) atoms. The molecule has 1 aliphatic carbocycles. The Morgan fingerprint density at radius 2 is 1.27 bits per heavy atom. The van der Waals surface area contributed by atoms with Gasteiger partial charge in [0.1, 0.15) is 0 Å². The van der Waals surface area contributed by atoms with Gasteiger partial charge in [-0.05, 0) is 12.8 Å². The van der Waals surface area contributed by atoms with Crippen LogP contribution in [-0.2, 0) is 21.1 Å². The van der Waals surface area contributed by atoms with Gasteiger partial charge in [0.25, 0.3) is 0 Å². The van der Waals surface area contributed by atoms with Crippen molar-refractivity contribution in [3.8, 4) is 0 Å². The summed E-state index contributed by atoms with van der Waals surface area (Å²) >= 11 is 12.1. The van der Waals surface area contributed by atoms with Crippen LogP contribution in [0.25, 0.3) is 0 Å². The van der Waals surface area contributed by atoms with Crippen LogP contribution in [0, 0.1) is 0 Å². The zero-order valence-electron chi connectivity index (χ0n) is 6.06. The molecular weight excluding hydrogens is 366 g/mol. The molecule has 1 saturated carbocycles.